The van der Waals surface area contributed by atoms with Crippen LogP contribution in [-0.2, 0) is 22.7 Å². The highest BCUT2D eigenvalue weighted by molar-refractivity contribution is 6.05. The fourth-order valence-corrected chi connectivity index (χ4v) is 5.85. The van der Waals surface area contributed by atoms with E-state index in [4.69, 9.17) is 5.73 Å². The van der Waals surface area contributed by atoms with Gasteiger partial charge >= 0.3 is 0 Å². The highest BCUT2D eigenvalue weighted by atomic mass is 16.2. The molecule has 4 heterocycles. The molecule has 5 aliphatic rings. The van der Waals surface area contributed by atoms with Crippen molar-refractivity contribution in [2.24, 2.45) is 11.7 Å². The Kier molecular flexibility index (Phi) is 4.47. The Morgan fingerprint density at radius 1 is 1.17 bits per heavy atom. The lowest BCUT2D eigenvalue weighted by Crippen LogP contribution is -2.62. The maximum absolute atomic E-state index is 13.0. The van der Waals surface area contributed by atoms with Gasteiger partial charge in [0.25, 0.3) is 5.91 Å². The van der Waals surface area contributed by atoms with Gasteiger partial charge in [-0.25, -0.2) is 0 Å². The van der Waals surface area contributed by atoms with E-state index in [2.05, 4.69) is 16.3 Å². The van der Waals surface area contributed by atoms with Gasteiger partial charge in [-0.2, -0.15) is 0 Å². The number of rotatable bonds is 5. The Labute approximate surface area is 170 Å². The van der Waals surface area contributed by atoms with Crippen LogP contribution in [0.1, 0.15) is 60.0 Å². The lowest BCUT2D eigenvalue weighted by molar-refractivity contribution is -0.136. The number of benzene rings is 1. The van der Waals surface area contributed by atoms with Gasteiger partial charge < -0.3 is 10.6 Å². The number of nitrogens with zero attached hydrogens (tertiary/aromatic N) is 2. The SMILES string of the molecule is NCCC12CC(CCN1Cc1ccc3c(c1)C(=O)N(C1CCC(=O)NC1=O)C3)C2. The third-order valence-electron chi connectivity index (χ3n) is 7.39. The molecule has 29 heavy (non-hydrogen) atoms. The van der Waals surface area contributed by atoms with E-state index < -0.39 is 6.04 Å². The molecule has 0 aromatic heterocycles. The van der Waals surface area contributed by atoms with Crippen LogP contribution in [0.25, 0.3) is 0 Å². The molecule has 6 rings (SSSR count). The average molecular weight is 396 g/mol. The lowest BCUT2D eigenvalue weighted by Gasteiger charge is -2.59. The van der Waals surface area contributed by atoms with Crippen molar-refractivity contribution in [2.45, 2.75) is 63.2 Å². The van der Waals surface area contributed by atoms with Gasteiger partial charge in [-0.3, -0.25) is 24.6 Å². The maximum Gasteiger partial charge on any atom is 0.255 e. The molecule has 4 aliphatic heterocycles. The summed E-state index contributed by atoms with van der Waals surface area (Å²) in [5, 5.41) is 2.36. The molecule has 2 bridgehead atoms. The van der Waals surface area contributed by atoms with Crippen molar-refractivity contribution in [2.75, 3.05) is 13.1 Å². The van der Waals surface area contributed by atoms with E-state index in [1.807, 2.05) is 12.1 Å². The van der Waals surface area contributed by atoms with Crippen molar-refractivity contribution < 1.29 is 14.4 Å². The largest absolute Gasteiger partial charge is 0.330 e. The number of nitrogens with one attached hydrogen (secondary N) is 1. The van der Waals surface area contributed by atoms with Crippen molar-refractivity contribution in [1.82, 2.24) is 15.1 Å². The zero-order valence-electron chi connectivity index (χ0n) is 16.7. The fourth-order valence-electron chi connectivity index (χ4n) is 5.85. The summed E-state index contributed by atoms with van der Waals surface area (Å²) in [4.78, 5) is 40.9. The van der Waals surface area contributed by atoms with Gasteiger partial charge in [0, 0.05) is 30.6 Å². The molecule has 0 spiro atoms. The number of imide groups is 1. The number of nitrogens with two attached hydrogens (primary N) is 1. The van der Waals surface area contributed by atoms with Gasteiger partial charge in [0.2, 0.25) is 11.8 Å². The van der Waals surface area contributed by atoms with E-state index in [1.54, 1.807) is 4.90 Å². The summed E-state index contributed by atoms with van der Waals surface area (Å²) in [6, 6.07) is 5.58. The Bertz CT molecular complexity index is 871. The standard InChI is InChI=1S/C22H28N4O3/c23-7-6-22-10-15(11-22)5-8-25(22)12-14-1-2-16-13-26(21(29)17(16)9-14)18-3-4-19(27)24-20(18)28/h1-2,9,15,18H,3-8,10-13,23H2,(H,24,27,28). The second-order valence-electron chi connectivity index (χ2n) is 9.14. The van der Waals surface area contributed by atoms with Crippen LogP contribution in [0.4, 0.5) is 0 Å². The first-order chi connectivity index (χ1) is 14.0. The number of amides is 3. The van der Waals surface area contributed by atoms with E-state index in [9.17, 15) is 14.4 Å². The minimum absolute atomic E-state index is 0.102. The Balaban J connectivity index is 1.33. The molecule has 1 aliphatic carbocycles. The van der Waals surface area contributed by atoms with Crippen LogP contribution in [0.5, 0.6) is 0 Å². The number of hydrogen-bond acceptors (Lipinski definition) is 5. The van der Waals surface area contributed by atoms with E-state index in [0.717, 1.165) is 36.6 Å². The van der Waals surface area contributed by atoms with Crippen LogP contribution < -0.4 is 11.1 Å². The quantitative estimate of drug-likeness (QED) is 0.728. The topological polar surface area (TPSA) is 95.7 Å². The van der Waals surface area contributed by atoms with Crippen LogP contribution in [0.2, 0.25) is 0 Å². The molecule has 1 unspecified atom stereocenters. The smallest absolute Gasteiger partial charge is 0.255 e. The molecular weight excluding hydrogens is 368 g/mol. The van der Waals surface area contributed by atoms with Crippen molar-refractivity contribution >= 4 is 17.7 Å². The van der Waals surface area contributed by atoms with Crippen molar-refractivity contribution in [3.05, 3.63) is 34.9 Å². The zero-order valence-corrected chi connectivity index (χ0v) is 16.7. The van der Waals surface area contributed by atoms with Crippen LogP contribution in [0, 0.1) is 5.92 Å². The Morgan fingerprint density at radius 2 is 2.00 bits per heavy atom. The second-order valence-corrected chi connectivity index (χ2v) is 9.14. The molecule has 1 atom stereocenters. The number of hydrogen-bond donors (Lipinski definition) is 2. The van der Waals surface area contributed by atoms with Gasteiger partial charge in [0.05, 0.1) is 0 Å². The van der Waals surface area contributed by atoms with E-state index in [0.29, 0.717) is 25.1 Å². The van der Waals surface area contributed by atoms with Gasteiger partial charge in [0.1, 0.15) is 6.04 Å². The van der Waals surface area contributed by atoms with Gasteiger partial charge in [-0.15, -0.1) is 0 Å². The predicted molar refractivity (Wildman–Crippen MR) is 107 cm³/mol. The summed E-state index contributed by atoms with van der Waals surface area (Å²) < 4.78 is 0. The monoisotopic (exact) mass is 396 g/mol. The second kappa shape index (κ2) is 6.92. The molecule has 1 aromatic rings. The molecule has 154 valence electrons. The van der Waals surface area contributed by atoms with Gasteiger partial charge in [-0.1, -0.05) is 12.1 Å². The highest BCUT2D eigenvalue weighted by Crippen LogP contribution is 2.51. The lowest BCUT2D eigenvalue weighted by atomic mass is 9.61. The van der Waals surface area contributed by atoms with E-state index in [1.165, 1.54) is 19.3 Å². The van der Waals surface area contributed by atoms with E-state index >= 15 is 0 Å². The number of fused-ring (bicyclic) bond motifs is 3. The Hall–Kier alpha value is -2.25. The zero-order chi connectivity index (χ0) is 20.2. The third-order valence-corrected chi connectivity index (χ3v) is 7.39. The summed E-state index contributed by atoms with van der Waals surface area (Å²) in [5.74, 6) is 0.139. The van der Waals surface area contributed by atoms with Gasteiger partial charge in [0.15, 0.2) is 0 Å². The van der Waals surface area contributed by atoms with Crippen molar-refractivity contribution in [3.63, 3.8) is 0 Å². The first-order valence-corrected chi connectivity index (χ1v) is 10.7. The van der Waals surface area contributed by atoms with E-state index in [-0.39, 0.29) is 29.7 Å². The first kappa shape index (κ1) is 18.8. The highest BCUT2D eigenvalue weighted by Gasteiger charge is 2.51. The first-order valence-electron chi connectivity index (χ1n) is 10.7. The third kappa shape index (κ3) is 3.07. The molecule has 0 radical (unpaired) electrons. The van der Waals surface area contributed by atoms with Crippen LogP contribution in [0.15, 0.2) is 18.2 Å². The van der Waals surface area contributed by atoms with Crippen molar-refractivity contribution in [1.29, 1.82) is 0 Å². The molecule has 3 N–H and O–H groups in total. The molecule has 7 nitrogen and oxygen atoms in total. The normalized spacial score (nSPS) is 31.5. The number of carbonyl (C=O) groups is 3. The fraction of sp³-hybridized carbons (Fsp3) is 0.591. The molecule has 1 aromatic carbocycles. The summed E-state index contributed by atoms with van der Waals surface area (Å²) in [6.45, 7) is 3.08. The molecule has 4 fully saturated rings. The summed E-state index contributed by atoms with van der Waals surface area (Å²) in [5.41, 5.74) is 8.94. The molecule has 3 saturated heterocycles. The molecular formula is C22H28N4O3. The number of piperidine rings is 3. The average Bonchev–Trinajstić information content (AvgIpc) is 2.99. The minimum Gasteiger partial charge on any atom is -0.330 e. The maximum atomic E-state index is 13.0. The summed E-state index contributed by atoms with van der Waals surface area (Å²) >= 11 is 0. The summed E-state index contributed by atoms with van der Waals surface area (Å²) in [6.07, 6.45) is 5.46. The summed E-state index contributed by atoms with van der Waals surface area (Å²) in [7, 11) is 0. The van der Waals surface area contributed by atoms with Crippen LogP contribution >= 0.6 is 0 Å². The van der Waals surface area contributed by atoms with Gasteiger partial charge in [-0.05, 0) is 68.3 Å². The number of carbonyl (C=O) groups excluding carboxylic acids is 3. The van der Waals surface area contributed by atoms with Crippen LogP contribution in [0.3, 0.4) is 0 Å². The minimum atomic E-state index is -0.558. The predicted octanol–water partition coefficient (Wildman–Crippen LogP) is 1.15. The van der Waals surface area contributed by atoms with Crippen LogP contribution in [-0.4, -0.2) is 52.2 Å². The molecule has 3 amide bonds. The Morgan fingerprint density at radius 3 is 2.76 bits per heavy atom. The molecule has 7 heteroatoms. The van der Waals surface area contributed by atoms with Crippen molar-refractivity contribution in [3.8, 4) is 0 Å². The molecule has 1 saturated carbocycles.